The van der Waals surface area contributed by atoms with E-state index >= 15 is 0 Å². The second-order valence-electron chi connectivity index (χ2n) is 2.17. The van der Waals surface area contributed by atoms with Crippen molar-refractivity contribution < 1.29 is 4.74 Å². The lowest BCUT2D eigenvalue weighted by Crippen LogP contribution is -2.13. The van der Waals surface area contributed by atoms with Crippen molar-refractivity contribution in [2.24, 2.45) is 0 Å². The highest BCUT2D eigenvalue weighted by molar-refractivity contribution is 5.25. The molecule has 0 amide bonds. The minimum Gasteiger partial charge on any atom is -0.467 e. The maximum atomic E-state index is 4.82. The molecule has 0 unspecified atom stereocenters. The summed E-state index contributed by atoms with van der Waals surface area (Å²) < 4.78 is 4.82. The average Bonchev–Trinajstić information content (AvgIpc) is 2.05. The number of hydrogen-bond acceptors (Lipinski definition) is 5. The molecule has 0 saturated heterocycles. The summed E-state index contributed by atoms with van der Waals surface area (Å²) in [5.41, 5.74) is 0. The topological polar surface area (TPSA) is 51.1 Å². The molecule has 5 heteroatoms. The van der Waals surface area contributed by atoms with Crippen LogP contribution >= 0.6 is 0 Å². The van der Waals surface area contributed by atoms with Crippen molar-refractivity contribution in [3.05, 3.63) is 6.33 Å². The Labute approximate surface area is 65.1 Å². The Bertz CT molecular complexity index is 238. The van der Waals surface area contributed by atoms with Gasteiger partial charge in [-0.05, 0) is 0 Å². The smallest absolute Gasteiger partial charge is 0.320 e. The van der Waals surface area contributed by atoms with E-state index in [0.29, 0.717) is 12.0 Å². The highest BCUT2D eigenvalue weighted by Gasteiger charge is 2.00. The summed E-state index contributed by atoms with van der Waals surface area (Å²) in [5, 5.41) is 0. The minimum atomic E-state index is 0.337. The van der Waals surface area contributed by atoms with Gasteiger partial charge in [0.25, 0.3) is 0 Å². The largest absolute Gasteiger partial charge is 0.467 e. The number of anilines is 1. The molecule has 1 aromatic rings. The van der Waals surface area contributed by atoms with Crippen LogP contribution in [0.15, 0.2) is 6.33 Å². The van der Waals surface area contributed by atoms with Crippen molar-refractivity contribution >= 4 is 5.95 Å². The third-order valence-electron chi connectivity index (χ3n) is 1.12. The minimum absolute atomic E-state index is 0.337. The maximum absolute atomic E-state index is 4.82. The fraction of sp³-hybridized carbons (Fsp3) is 0.500. The van der Waals surface area contributed by atoms with Crippen molar-refractivity contribution in [3.8, 4) is 6.01 Å². The van der Waals surface area contributed by atoms with Crippen LogP contribution in [0, 0.1) is 0 Å². The van der Waals surface area contributed by atoms with E-state index in [0.717, 1.165) is 0 Å². The molecule has 0 aliphatic carbocycles. The van der Waals surface area contributed by atoms with Crippen molar-refractivity contribution in [1.29, 1.82) is 0 Å². The Kier molecular flexibility index (Phi) is 2.20. The fourth-order valence-electron chi connectivity index (χ4n) is 0.587. The van der Waals surface area contributed by atoms with Gasteiger partial charge in [-0.3, -0.25) is 0 Å². The van der Waals surface area contributed by atoms with Gasteiger partial charge in [0.05, 0.1) is 7.11 Å². The van der Waals surface area contributed by atoms with E-state index in [2.05, 4.69) is 15.0 Å². The van der Waals surface area contributed by atoms with Gasteiger partial charge in [-0.1, -0.05) is 0 Å². The first-order valence-electron chi connectivity index (χ1n) is 3.14. The van der Waals surface area contributed by atoms with Gasteiger partial charge >= 0.3 is 6.01 Å². The lowest BCUT2D eigenvalue weighted by atomic mass is 10.8. The molecule has 1 aromatic heterocycles. The molecule has 0 N–H and O–H groups in total. The predicted molar refractivity (Wildman–Crippen MR) is 40.7 cm³/mol. The van der Waals surface area contributed by atoms with Crippen LogP contribution in [0.4, 0.5) is 5.95 Å². The third kappa shape index (κ3) is 1.76. The first-order valence-corrected chi connectivity index (χ1v) is 3.14. The SMILES string of the molecule is COc1ncnc(N(C)C)n1. The van der Waals surface area contributed by atoms with E-state index in [1.165, 1.54) is 13.4 Å². The van der Waals surface area contributed by atoms with Crippen LogP contribution in [0.2, 0.25) is 0 Å². The van der Waals surface area contributed by atoms with Crippen molar-refractivity contribution in [3.63, 3.8) is 0 Å². The lowest BCUT2D eigenvalue weighted by Gasteiger charge is -2.08. The standard InChI is InChI=1S/C6H10N4O/c1-10(2)5-7-4-8-6(9-5)11-3/h4H,1-3H3. The Morgan fingerprint density at radius 1 is 1.36 bits per heavy atom. The Balaban J connectivity index is 2.91. The van der Waals surface area contributed by atoms with Crippen molar-refractivity contribution in [2.45, 2.75) is 0 Å². The number of aromatic nitrogens is 3. The van der Waals surface area contributed by atoms with E-state index in [4.69, 9.17) is 4.74 Å². The lowest BCUT2D eigenvalue weighted by molar-refractivity contribution is 0.378. The highest BCUT2D eigenvalue weighted by atomic mass is 16.5. The normalized spacial score (nSPS) is 9.36. The first kappa shape index (κ1) is 7.71. The second-order valence-corrected chi connectivity index (χ2v) is 2.17. The molecule has 0 saturated carbocycles. The number of methoxy groups -OCH3 is 1. The molecular formula is C6H10N4O. The van der Waals surface area contributed by atoms with E-state index in [1.54, 1.807) is 4.90 Å². The Morgan fingerprint density at radius 3 is 2.64 bits per heavy atom. The van der Waals surface area contributed by atoms with Crippen molar-refractivity contribution in [1.82, 2.24) is 15.0 Å². The second kappa shape index (κ2) is 3.14. The van der Waals surface area contributed by atoms with E-state index in [9.17, 15) is 0 Å². The van der Waals surface area contributed by atoms with Gasteiger partial charge in [0.15, 0.2) is 0 Å². The van der Waals surface area contributed by atoms with Crippen LogP contribution in [0.3, 0.4) is 0 Å². The molecule has 11 heavy (non-hydrogen) atoms. The molecule has 0 aliphatic rings. The Hall–Kier alpha value is -1.39. The van der Waals surface area contributed by atoms with E-state index < -0.39 is 0 Å². The van der Waals surface area contributed by atoms with E-state index in [-0.39, 0.29) is 0 Å². The molecule has 1 rings (SSSR count). The molecule has 0 atom stereocenters. The quantitative estimate of drug-likeness (QED) is 0.597. The van der Waals surface area contributed by atoms with Crippen molar-refractivity contribution in [2.75, 3.05) is 26.1 Å². The zero-order valence-electron chi connectivity index (χ0n) is 6.77. The molecule has 0 spiro atoms. The molecule has 0 bridgehead atoms. The van der Waals surface area contributed by atoms with Crippen LogP contribution in [0.5, 0.6) is 6.01 Å². The Morgan fingerprint density at radius 2 is 2.09 bits per heavy atom. The fourth-order valence-corrected chi connectivity index (χ4v) is 0.587. The van der Waals surface area contributed by atoms with Crippen LogP contribution < -0.4 is 9.64 Å². The van der Waals surface area contributed by atoms with Gasteiger partial charge in [-0.25, -0.2) is 4.98 Å². The average molecular weight is 154 g/mol. The summed E-state index contributed by atoms with van der Waals surface area (Å²) in [7, 11) is 5.23. The molecule has 60 valence electrons. The van der Waals surface area contributed by atoms with Crippen LogP contribution in [-0.4, -0.2) is 36.2 Å². The van der Waals surface area contributed by atoms with Crippen LogP contribution in [0.25, 0.3) is 0 Å². The van der Waals surface area contributed by atoms with Crippen LogP contribution in [0.1, 0.15) is 0 Å². The van der Waals surface area contributed by atoms with Gasteiger partial charge < -0.3 is 9.64 Å². The zero-order valence-corrected chi connectivity index (χ0v) is 6.77. The van der Waals surface area contributed by atoms with Gasteiger partial charge in [0.2, 0.25) is 5.95 Å². The van der Waals surface area contributed by atoms with Gasteiger partial charge in [0, 0.05) is 14.1 Å². The summed E-state index contributed by atoms with van der Waals surface area (Å²) in [6.45, 7) is 0. The summed E-state index contributed by atoms with van der Waals surface area (Å²) in [4.78, 5) is 13.4. The monoisotopic (exact) mass is 154 g/mol. The predicted octanol–water partition coefficient (Wildman–Crippen LogP) is -0.0538. The molecule has 1 heterocycles. The summed E-state index contributed by atoms with van der Waals surface area (Å²) in [6.07, 6.45) is 1.42. The molecule has 0 radical (unpaired) electrons. The first-order chi connectivity index (χ1) is 5.24. The van der Waals surface area contributed by atoms with Gasteiger partial charge in [-0.2, -0.15) is 9.97 Å². The van der Waals surface area contributed by atoms with E-state index in [1.807, 2.05) is 14.1 Å². The summed E-state index contributed by atoms with van der Waals surface area (Å²) >= 11 is 0. The number of ether oxygens (including phenoxy) is 1. The number of rotatable bonds is 2. The zero-order chi connectivity index (χ0) is 8.27. The highest BCUT2D eigenvalue weighted by Crippen LogP contribution is 2.04. The van der Waals surface area contributed by atoms with Crippen LogP contribution in [-0.2, 0) is 0 Å². The number of hydrogen-bond donors (Lipinski definition) is 0. The molecule has 0 aromatic carbocycles. The third-order valence-corrected chi connectivity index (χ3v) is 1.12. The van der Waals surface area contributed by atoms with Gasteiger partial charge in [-0.15, -0.1) is 0 Å². The number of nitrogens with zero attached hydrogens (tertiary/aromatic N) is 4. The summed E-state index contributed by atoms with van der Waals surface area (Å²) in [6, 6.07) is 0.337. The molecular weight excluding hydrogens is 144 g/mol. The molecule has 0 fully saturated rings. The maximum Gasteiger partial charge on any atom is 0.320 e. The molecule has 5 nitrogen and oxygen atoms in total. The van der Waals surface area contributed by atoms with Gasteiger partial charge in [0.1, 0.15) is 6.33 Å². The molecule has 0 aliphatic heterocycles. The summed E-state index contributed by atoms with van der Waals surface area (Å²) in [5.74, 6) is 0.594.